The minimum atomic E-state index is -0.735. The quantitative estimate of drug-likeness (QED) is 0.612. The summed E-state index contributed by atoms with van der Waals surface area (Å²) in [6.45, 7) is 6.23. The number of aliphatic hydroxyl groups is 1. The Morgan fingerprint density at radius 3 is 2.69 bits per heavy atom. The summed E-state index contributed by atoms with van der Waals surface area (Å²) in [5.74, 6) is 0.604. The summed E-state index contributed by atoms with van der Waals surface area (Å²) >= 11 is 0. The number of nitrogens with one attached hydrogen (secondary N) is 1. The van der Waals surface area contributed by atoms with Crippen LogP contribution >= 0.6 is 0 Å². The molecule has 0 fully saturated rings. The largest absolute Gasteiger partial charge is 0.497 e. The zero-order valence-corrected chi connectivity index (χ0v) is 19.7. The summed E-state index contributed by atoms with van der Waals surface area (Å²) < 4.78 is 17.0. The van der Waals surface area contributed by atoms with Crippen LogP contribution in [0.5, 0.6) is 11.5 Å². The molecule has 0 saturated carbocycles. The van der Waals surface area contributed by atoms with Crippen LogP contribution in [0.3, 0.4) is 0 Å². The summed E-state index contributed by atoms with van der Waals surface area (Å²) in [4.78, 5) is 25.1. The second-order valence-corrected chi connectivity index (χ2v) is 8.56. The number of aliphatic hydroxyl groups excluding tert-OH is 1. The number of hydrogen-bond acceptors (Lipinski definition) is 7. The smallest absolute Gasteiger partial charge is 0.342 e. The van der Waals surface area contributed by atoms with Crippen LogP contribution in [-0.4, -0.2) is 55.4 Å². The van der Waals surface area contributed by atoms with E-state index in [4.69, 9.17) is 14.2 Å². The fourth-order valence-corrected chi connectivity index (χ4v) is 3.45. The monoisotopic (exact) mass is 447 g/mol. The van der Waals surface area contributed by atoms with Gasteiger partial charge in [0.25, 0.3) is 0 Å². The Morgan fingerprint density at radius 2 is 1.97 bits per heavy atom. The van der Waals surface area contributed by atoms with E-state index in [2.05, 4.69) is 5.32 Å². The van der Waals surface area contributed by atoms with Crippen LogP contribution in [0.2, 0.25) is 0 Å². The molecule has 0 radical (unpaired) electrons. The van der Waals surface area contributed by atoms with Crippen LogP contribution in [-0.2, 0) is 9.53 Å². The number of rotatable bonds is 7. The molecule has 178 valence electrons. The van der Waals surface area contributed by atoms with Crippen molar-refractivity contribution in [3.8, 4) is 11.5 Å². The number of ether oxygens (including phenoxy) is 3. The third-order valence-electron chi connectivity index (χ3n) is 5.24. The number of hydrogen-bond donors (Lipinski definition) is 2. The molecule has 32 heavy (non-hydrogen) atoms. The molecule has 1 aliphatic heterocycles. The molecule has 0 amide bonds. The van der Waals surface area contributed by atoms with Gasteiger partial charge in [0.05, 0.1) is 13.2 Å². The van der Waals surface area contributed by atoms with Crippen LogP contribution in [0, 0.1) is 0 Å². The van der Waals surface area contributed by atoms with Gasteiger partial charge in [0, 0.05) is 31.5 Å². The minimum Gasteiger partial charge on any atom is -0.497 e. The fraction of sp³-hybridized carbons (Fsp3) is 0.600. The molecule has 1 aliphatic rings. The lowest BCUT2D eigenvalue weighted by atomic mass is 10.0. The molecule has 1 heterocycles. The van der Waals surface area contributed by atoms with Crippen molar-refractivity contribution in [3.63, 3.8) is 0 Å². The number of fused-ring (bicyclic) bond motifs is 1. The highest BCUT2D eigenvalue weighted by Crippen LogP contribution is 2.32. The maximum Gasteiger partial charge on any atom is 0.342 e. The molecular weight excluding hydrogens is 410 g/mol. The molecule has 0 bridgehead atoms. The Balaban J connectivity index is 2.33. The van der Waals surface area contributed by atoms with Crippen molar-refractivity contribution in [1.82, 2.24) is 5.32 Å². The topological polar surface area (TPSA) is 94.1 Å². The molecule has 0 spiro atoms. The first kappa shape index (κ1) is 25.9. The van der Waals surface area contributed by atoms with Crippen molar-refractivity contribution >= 4 is 17.8 Å². The van der Waals surface area contributed by atoms with Crippen molar-refractivity contribution in [2.75, 3.05) is 20.3 Å². The van der Waals surface area contributed by atoms with E-state index < -0.39 is 12.1 Å². The summed E-state index contributed by atoms with van der Waals surface area (Å²) in [7, 11) is 1.55. The van der Waals surface area contributed by atoms with Crippen molar-refractivity contribution < 1.29 is 28.9 Å². The van der Waals surface area contributed by atoms with E-state index in [1.165, 1.54) is 0 Å². The van der Waals surface area contributed by atoms with Crippen molar-refractivity contribution in [3.05, 3.63) is 29.3 Å². The first-order valence-electron chi connectivity index (χ1n) is 11.5. The molecule has 7 nitrogen and oxygen atoms in total. The Morgan fingerprint density at radius 1 is 1.22 bits per heavy atom. The summed E-state index contributed by atoms with van der Waals surface area (Å²) in [5, 5.41) is 13.4. The van der Waals surface area contributed by atoms with Gasteiger partial charge in [0.2, 0.25) is 0 Å². The highest BCUT2D eigenvalue weighted by atomic mass is 16.5. The fourth-order valence-electron chi connectivity index (χ4n) is 3.45. The molecule has 0 aliphatic carbocycles. The van der Waals surface area contributed by atoms with Crippen LogP contribution in [0.1, 0.15) is 75.2 Å². The number of carbonyl (C=O) groups is 2. The Kier molecular flexibility index (Phi) is 10.7. The Bertz CT molecular complexity index is 789. The van der Waals surface area contributed by atoms with Gasteiger partial charge in [0.1, 0.15) is 35.6 Å². The maximum absolute atomic E-state index is 13.1. The summed E-state index contributed by atoms with van der Waals surface area (Å²) in [6, 6.07) is 3.65. The van der Waals surface area contributed by atoms with E-state index in [-0.39, 0.29) is 24.5 Å². The molecule has 7 heteroatoms. The van der Waals surface area contributed by atoms with Crippen LogP contribution in [0.4, 0.5) is 0 Å². The van der Waals surface area contributed by atoms with Gasteiger partial charge in [-0.2, -0.15) is 0 Å². The van der Waals surface area contributed by atoms with Gasteiger partial charge in [-0.15, -0.1) is 0 Å². The first-order chi connectivity index (χ1) is 15.3. The van der Waals surface area contributed by atoms with Crippen molar-refractivity contribution in [2.24, 2.45) is 0 Å². The molecular formula is C25H37NO6. The van der Waals surface area contributed by atoms with Crippen LogP contribution in [0.15, 0.2) is 18.2 Å². The Labute approximate surface area is 191 Å². The molecule has 2 rings (SSSR count). The number of esters is 1. The van der Waals surface area contributed by atoms with Gasteiger partial charge in [-0.25, -0.2) is 4.79 Å². The van der Waals surface area contributed by atoms with E-state index in [9.17, 15) is 14.7 Å². The number of cyclic esters (lactones) is 1. The average Bonchev–Trinajstić information content (AvgIpc) is 2.74. The standard InChI is InChI=1S/C25H37NO6/c1-17(2)26-15-21(28)16-31-23-14-22(30-4)13-19-10-6-5-7-11-20(27)12-8-9-18(3)32-25(29)24(19)23/h6,10,13-14,17-18,21,26,28H,5,7-9,11-12,15-16H2,1-4H3/t18-,21-/m1/s1. The van der Waals surface area contributed by atoms with Gasteiger partial charge in [0.15, 0.2) is 0 Å². The summed E-state index contributed by atoms with van der Waals surface area (Å²) in [5.41, 5.74) is 0.931. The second-order valence-electron chi connectivity index (χ2n) is 8.56. The number of allylic oxidation sites excluding steroid dienone is 1. The van der Waals surface area contributed by atoms with Crippen molar-refractivity contribution in [2.45, 2.75) is 77.5 Å². The number of benzene rings is 1. The molecule has 1 aromatic carbocycles. The number of methoxy groups -OCH3 is 1. The average molecular weight is 448 g/mol. The molecule has 2 N–H and O–H groups in total. The normalized spacial score (nSPS) is 19.1. The van der Waals surface area contributed by atoms with Gasteiger partial charge < -0.3 is 24.6 Å². The van der Waals surface area contributed by atoms with E-state index in [1.54, 1.807) is 19.2 Å². The number of ketones is 1. The lowest BCUT2D eigenvalue weighted by Gasteiger charge is -2.20. The van der Waals surface area contributed by atoms with E-state index in [0.29, 0.717) is 54.9 Å². The highest BCUT2D eigenvalue weighted by Gasteiger charge is 2.23. The second kappa shape index (κ2) is 13.2. The van der Waals surface area contributed by atoms with Crippen LogP contribution < -0.4 is 14.8 Å². The van der Waals surface area contributed by atoms with Crippen LogP contribution in [0.25, 0.3) is 6.08 Å². The molecule has 2 atom stereocenters. The number of carbonyl (C=O) groups excluding carboxylic acids is 2. The highest BCUT2D eigenvalue weighted by molar-refractivity contribution is 5.97. The Hall–Kier alpha value is -2.38. The predicted octanol–water partition coefficient (Wildman–Crippen LogP) is 3.91. The van der Waals surface area contributed by atoms with Gasteiger partial charge in [-0.3, -0.25) is 4.79 Å². The lowest BCUT2D eigenvalue weighted by molar-refractivity contribution is -0.119. The number of Topliss-reactive ketones (excluding diaryl/α,β-unsaturated/α-hetero) is 1. The molecule has 0 aromatic heterocycles. The van der Waals surface area contributed by atoms with E-state index in [1.807, 2.05) is 32.9 Å². The zero-order chi connectivity index (χ0) is 23.5. The zero-order valence-electron chi connectivity index (χ0n) is 19.7. The van der Waals surface area contributed by atoms with Crippen molar-refractivity contribution in [1.29, 1.82) is 0 Å². The van der Waals surface area contributed by atoms with Gasteiger partial charge >= 0.3 is 5.97 Å². The minimum absolute atomic E-state index is 0.0218. The molecule has 0 saturated heterocycles. The lowest BCUT2D eigenvalue weighted by Crippen LogP contribution is -2.35. The third-order valence-corrected chi connectivity index (χ3v) is 5.24. The summed E-state index contributed by atoms with van der Waals surface area (Å²) in [6.07, 6.45) is 6.59. The van der Waals surface area contributed by atoms with Gasteiger partial charge in [-0.1, -0.05) is 26.0 Å². The maximum atomic E-state index is 13.1. The third kappa shape index (κ3) is 8.63. The molecule has 0 unspecified atom stereocenters. The van der Waals surface area contributed by atoms with E-state index >= 15 is 0 Å². The van der Waals surface area contributed by atoms with E-state index in [0.717, 1.165) is 12.8 Å². The predicted molar refractivity (Wildman–Crippen MR) is 124 cm³/mol. The molecule has 1 aromatic rings. The first-order valence-corrected chi connectivity index (χ1v) is 11.5. The SMILES string of the molecule is COc1cc2c(c(OC[C@H](O)CNC(C)C)c1)C(=O)O[C@H](C)CCCC(=O)CCCC=C2. The van der Waals surface area contributed by atoms with Gasteiger partial charge in [-0.05, 0) is 44.2 Å².